The standard InChI is InChI=1S/C17H13ClN2OS2/c1-19-17-15(16(18)20-9-13-3-2-8-22-13)14(10-23-17)11-4-6-12(21)7-5-11/h2-8,10,21H,1,9H2. The summed E-state index contributed by atoms with van der Waals surface area (Å²) in [4.78, 5) is 9.69. The normalized spacial score (nSPS) is 11.6. The number of hydrogen-bond donors (Lipinski definition) is 1. The van der Waals surface area contributed by atoms with E-state index in [9.17, 15) is 5.11 Å². The summed E-state index contributed by atoms with van der Waals surface area (Å²) in [5.74, 6) is 0.227. The molecule has 0 spiro atoms. The first kappa shape index (κ1) is 15.9. The minimum Gasteiger partial charge on any atom is -0.508 e. The third-order valence-electron chi connectivity index (χ3n) is 3.25. The number of halogens is 1. The fourth-order valence-corrected chi connectivity index (χ4v) is 3.96. The molecular formula is C17H13ClN2OS2. The summed E-state index contributed by atoms with van der Waals surface area (Å²) >= 11 is 9.58. The van der Waals surface area contributed by atoms with Crippen molar-refractivity contribution in [2.45, 2.75) is 6.54 Å². The highest BCUT2D eigenvalue weighted by atomic mass is 35.5. The van der Waals surface area contributed by atoms with Crippen molar-refractivity contribution < 1.29 is 5.11 Å². The molecule has 0 aliphatic heterocycles. The van der Waals surface area contributed by atoms with Gasteiger partial charge in [-0.1, -0.05) is 29.8 Å². The summed E-state index contributed by atoms with van der Waals surface area (Å²) < 4.78 is 0. The summed E-state index contributed by atoms with van der Waals surface area (Å²) in [6.45, 7) is 4.15. The van der Waals surface area contributed by atoms with E-state index in [4.69, 9.17) is 11.6 Å². The average Bonchev–Trinajstić information content (AvgIpc) is 3.22. The maximum Gasteiger partial charge on any atom is 0.134 e. The van der Waals surface area contributed by atoms with Crippen LogP contribution in [0.2, 0.25) is 0 Å². The lowest BCUT2D eigenvalue weighted by Crippen LogP contribution is -1.94. The van der Waals surface area contributed by atoms with Gasteiger partial charge in [0.15, 0.2) is 0 Å². The Labute approximate surface area is 147 Å². The molecule has 6 heteroatoms. The molecule has 0 saturated carbocycles. The van der Waals surface area contributed by atoms with Crippen molar-refractivity contribution in [3.8, 4) is 16.9 Å². The molecule has 0 amide bonds. The van der Waals surface area contributed by atoms with Crippen LogP contribution in [0.25, 0.3) is 11.1 Å². The van der Waals surface area contributed by atoms with Gasteiger partial charge in [0, 0.05) is 15.8 Å². The predicted molar refractivity (Wildman–Crippen MR) is 101 cm³/mol. The van der Waals surface area contributed by atoms with E-state index >= 15 is 0 Å². The van der Waals surface area contributed by atoms with Gasteiger partial charge in [-0.15, -0.1) is 22.7 Å². The Morgan fingerprint density at radius 2 is 1.96 bits per heavy atom. The molecule has 0 atom stereocenters. The van der Waals surface area contributed by atoms with Crippen LogP contribution in [-0.4, -0.2) is 17.0 Å². The second kappa shape index (κ2) is 7.08. The molecule has 0 radical (unpaired) electrons. The molecule has 2 aromatic heterocycles. The lowest BCUT2D eigenvalue weighted by Gasteiger charge is -2.05. The molecule has 3 rings (SSSR count). The van der Waals surface area contributed by atoms with Crippen LogP contribution in [-0.2, 0) is 6.54 Å². The van der Waals surface area contributed by atoms with E-state index < -0.39 is 0 Å². The van der Waals surface area contributed by atoms with Crippen molar-refractivity contribution in [1.29, 1.82) is 0 Å². The highest BCUT2D eigenvalue weighted by Crippen LogP contribution is 2.39. The minimum absolute atomic E-state index is 0.227. The summed E-state index contributed by atoms with van der Waals surface area (Å²) in [7, 11) is 0. The molecular weight excluding hydrogens is 348 g/mol. The van der Waals surface area contributed by atoms with Crippen LogP contribution < -0.4 is 0 Å². The zero-order valence-electron chi connectivity index (χ0n) is 12.1. The number of thiophene rings is 2. The van der Waals surface area contributed by atoms with Crippen molar-refractivity contribution in [2.75, 3.05) is 0 Å². The number of phenolic OH excluding ortho intramolecular Hbond substituents is 1. The van der Waals surface area contributed by atoms with E-state index in [-0.39, 0.29) is 5.75 Å². The maximum absolute atomic E-state index is 9.45. The quantitative estimate of drug-likeness (QED) is 0.583. The van der Waals surface area contributed by atoms with Crippen molar-refractivity contribution in [2.24, 2.45) is 9.98 Å². The molecule has 116 valence electrons. The maximum atomic E-state index is 9.45. The van der Waals surface area contributed by atoms with Gasteiger partial charge in [-0.3, -0.25) is 9.98 Å². The van der Waals surface area contributed by atoms with E-state index in [1.807, 2.05) is 35.0 Å². The molecule has 3 aromatic rings. The molecule has 0 unspecified atom stereocenters. The Morgan fingerprint density at radius 1 is 1.17 bits per heavy atom. The molecule has 0 bridgehead atoms. The van der Waals surface area contributed by atoms with Crippen LogP contribution in [0.4, 0.5) is 5.00 Å². The Balaban J connectivity index is 1.99. The topological polar surface area (TPSA) is 45.0 Å². The highest BCUT2D eigenvalue weighted by Gasteiger charge is 2.16. The van der Waals surface area contributed by atoms with Gasteiger partial charge in [-0.05, 0) is 35.9 Å². The molecule has 1 N–H and O–H groups in total. The molecule has 0 saturated heterocycles. The molecule has 0 aliphatic carbocycles. The zero-order valence-corrected chi connectivity index (χ0v) is 14.5. The fraction of sp³-hybridized carbons (Fsp3) is 0.0588. The number of nitrogens with zero attached hydrogens (tertiary/aromatic N) is 2. The Kier molecular flexibility index (Phi) is 4.91. The van der Waals surface area contributed by atoms with Gasteiger partial charge in [-0.25, -0.2) is 0 Å². The minimum atomic E-state index is 0.227. The molecule has 0 fully saturated rings. The molecule has 3 nitrogen and oxygen atoms in total. The van der Waals surface area contributed by atoms with Gasteiger partial charge < -0.3 is 5.11 Å². The average molecular weight is 361 g/mol. The van der Waals surface area contributed by atoms with Crippen molar-refractivity contribution in [3.63, 3.8) is 0 Å². The van der Waals surface area contributed by atoms with Gasteiger partial charge in [0.1, 0.15) is 15.9 Å². The van der Waals surface area contributed by atoms with Crippen LogP contribution in [0.1, 0.15) is 10.4 Å². The van der Waals surface area contributed by atoms with Crippen LogP contribution >= 0.6 is 34.3 Å². The first-order chi connectivity index (χ1) is 11.2. The van der Waals surface area contributed by atoms with Crippen molar-refractivity contribution in [1.82, 2.24) is 0 Å². The third kappa shape index (κ3) is 3.52. The Morgan fingerprint density at radius 3 is 2.61 bits per heavy atom. The van der Waals surface area contributed by atoms with E-state index in [0.717, 1.165) is 26.6 Å². The van der Waals surface area contributed by atoms with Gasteiger partial charge in [0.2, 0.25) is 0 Å². The number of phenols is 1. The zero-order chi connectivity index (χ0) is 16.2. The van der Waals surface area contributed by atoms with E-state index in [0.29, 0.717) is 11.7 Å². The monoisotopic (exact) mass is 360 g/mol. The van der Waals surface area contributed by atoms with E-state index in [1.54, 1.807) is 23.5 Å². The second-order valence-electron chi connectivity index (χ2n) is 4.72. The first-order valence-electron chi connectivity index (χ1n) is 6.79. The van der Waals surface area contributed by atoms with Crippen LogP contribution in [0.15, 0.2) is 57.1 Å². The summed E-state index contributed by atoms with van der Waals surface area (Å²) in [5.41, 5.74) is 2.68. The van der Waals surface area contributed by atoms with Gasteiger partial charge in [-0.2, -0.15) is 0 Å². The molecule has 23 heavy (non-hydrogen) atoms. The van der Waals surface area contributed by atoms with Crippen LogP contribution in [0, 0.1) is 0 Å². The third-order valence-corrected chi connectivity index (χ3v) is 5.33. The summed E-state index contributed by atoms with van der Waals surface area (Å²) in [6, 6.07) is 11.0. The molecule has 0 aliphatic rings. The number of benzene rings is 1. The van der Waals surface area contributed by atoms with E-state index in [1.165, 1.54) is 11.3 Å². The first-order valence-corrected chi connectivity index (χ1v) is 8.93. The van der Waals surface area contributed by atoms with Crippen LogP contribution in [0.3, 0.4) is 0 Å². The smallest absolute Gasteiger partial charge is 0.134 e. The number of hydrogen-bond acceptors (Lipinski definition) is 5. The fourth-order valence-electron chi connectivity index (χ4n) is 2.15. The summed E-state index contributed by atoms with van der Waals surface area (Å²) in [5, 5.41) is 14.6. The van der Waals surface area contributed by atoms with Gasteiger partial charge in [0.25, 0.3) is 0 Å². The number of aromatic hydroxyl groups is 1. The van der Waals surface area contributed by atoms with Crippen LogP contribution in [0.5, 0.6) is 5.75 Å². The lowest BCUT2D eigenvalue weighted by molar-refractivity contribution is 0.475. The SMILES string of the molecule is C=Nc1scc(-c2ccc(O)cc2)c1C(Cl)=NCc1cccs1. The Hall–Kier alpha value is -1.95. The number of aliphatic imine (C=N–C) groups is 2. The Bertz CT molecular complexity index is 836. The lowest BCUT2D eigenvalue weighted by atomic mass is 10.0. The highest BCUT2D eigenvalue weighted by molar-refractivity contribution is 7.15. The van der Waals surface area contributed by atoms with Gasteiger partial charge >= 0.3 is 0 Å². The van der Waals surface area contributed by atoms with Crippen molar-refractivity contribution >= 4 is 51.2 Å². The predicted octanol–water partition coefficient (Wildman–Crippen LogP) is 5.70. The second-order valence-corrected chi connectivity index (χ2v) is 6.97. The number of rotatable bonds is 5. The summed E-state index contributed by atoms with van der Waals surface area (Å²) in [6.07, 6.45) is 0. The molecule has 2 heterocycles. The van der Waals surface area contributed by atoms with E-state index in [2.05, 4.69) is 16.7 Å². The van der Waals surface area contributed by atoms with Crippen molar-refractivity contribution in [3.05, 3.63) is 57.6 Å². The van der Waals surface area contributed by atoms with Gasteiger partial charge in [0.05, 0.1) is 12.1 Å². The molecule has 1 aromatic carbocycles. The largest absolute Gasteiger partial charge is 0.508 e.